The Hall–Kier alpha value is -2.46. The zero-order valence-corrected chi connectivity index (χ0v) is 30.4. The first-order valence-corrected chi connectivity index (χ1v) is 17.9. The second-order valence-corrected chi connectivity index (χ2v) is 18.7. The van der Waals surface area contributed by atoms with Gasteiger partial charge in [0.2, 0.25) is 11.5 Å². The van der Waals surface area contributed by atoms with Gasteiger partial charge in [0.1, 0.15) is 18.9 Å². The Morgan fingerprint density at radius 3 is 1.11 bits per heavy atom. The zero-order valence-electron chi connectivity index (χ0n) is 27.7. The van der Waals surface area contributed by atoms with Gasteiger partial charge >= 0.3 is 15.9 Å². The van der Waals surface area contributed by atoms with E-state index in [1.807, 2.05) is 121 Å². The van der Waals surface area contributed by atoms with Crippen LogP contribution in [0.4, 0.5) is 4.20 Å². The third-order valence-electron chi connectivity index (χ3n) is 6.19. The lowest BCUT2D eigenvalue weighted by Gasteiger charge is -2.36. The first-order valence-electron chi connectivity index (χ1n) is 13.3. The molecule has 2 aromatic heterocycles. The van der Waals surface area contributed by atoms with E-state index in [9.17, 15) is 4.20 Å². The smallest absolute Gasteiger partial charge is 0.416 e. The van der Waals surface area contributed by atoms with Crippen molar-refractivity contribution in [2.75, 3.05) is 84.6 Å². The molecule has 17 nitrogen and oxygen atoms in total. The summed E-state index contributed by atoms with van der Waals surface area (Å²) in [7, 11) is 14.5. The molecule has 2 N–H and O–H groups in total. The molecule has 0 saturated heterocycles. The van der Waals surface area contributed by atoms with Crippen molar-refractivity contribution in [1.82, 2.24) is 58.8 Å². The number of halogens is 1. The first kappa shape index (κ1) is 38.7. The van der Waals surface area contributed by atoms with E-state index < -0.39 is 23.8 Å². The fraction of sp³-hybridized carbons (Fsp3) is 0.500. The molecule has 0 saturated carbocycles. The molecule has 2 aromatic carbocycles. The van der Waals surface area contributed by atoms with Gasteiger partial charge in [-0.15, -0.1) is 28.0 Å². The molecular weight excluding hydrogens is 648 g/mol. The van der Waals surface area contributed by atoms with Gasteiger partial charge in [-0.25, -0.2) is 4.20 Å². The molecule has 0 amide bonds. The topological polar surface area (TPSA) is 184 Å². The summed E-state index contributed by atoms with van der Waals surface area (Å²) in [6.45, 7) is 0. The second kappa shape index (κ2) is 15.9. The maximum Gasteiger partial charge on any atom is 0.416 e. The van der Waals surface area contributed by atoms with Crippen molar-refractivity contribution in [1.29, 1.82) is 0 Å². The number of nitrogens with one attached hydrogen (secondary N) is 2. The van der Waals surface area contributed by atoms with E-state index >= 15 is 0 Å². The van der Waals surface area contributed by atoms with Gasteiger partial charge in [-0.3, -0.25) is 9.05 Å². The van der Waals surface area contributed by atoms with Crippen LogP contribution < -0.4 is 18.8 Å². The largest absolute Gasteiger partial charge is 0.786 e. The van der Waals surface area contributed by atoms with Gasteiger partial charge in [0.25, 0.3) is 0 Å². The van der Waals surface area contributed by atoms with Gasteiger partial charge in [-0.1, -0.05) is 12.1 Å². The van der Waals surface area contributed by atoms with Crippen LogP contribution in [0.2, 0.25) is 0 Å². The lowest BCUT2D eigenvalue weighted by atomic mass is 10.3. The Morgan fingerprint density at radius 2 is 0.867 bits per heavy atom. The Kier molecular flexibility index (Phi) is 13.7. The summed E-state index contributed by atoms with van der Waals surface area (Å²) in [6.07, 6.45) is 0. The molecule has 0 aliphatic rings. The molecule has 0 unspecified atom stereocenters. The van der Waals surface area contributed by atoms with E-state index in [1.165, 1.54) is 0 Å². The first-order chi connectivity index (χ1) is 20.8. The Bertz CT molecular complexity index is 1390. The molecule has 0 radical (unpaired) electrons. The molecule has 252 valence electrons. The van der Waals surface area contributed by atoms with Gasteiger partial charge in [0.15, 0.2) is 11.0 Å². The highest BCUT2D eigenvalue weighted by Gasteiger charge is 2.53. The van der Waals surface area contributed by atoms with Crippen LogP contribution in [0.3, 0.4) is 0 Å². The van der Waals surface area contributed by atoms with Gasteiger partial charge in [-0.2, -0.15) is 30.8 Å². The van der Waals surface area contributed by atoms with Crippen LogP contribution in [-0.2, 0) is 4.57 Å². The molecule has 0 aliphatic carbocycles. The number of para-hydroxylation sites is 2. The number of hydrogen-bond donors (Lipinski definition) is 2. The van der Waals surface area contributed by atoms with Crippen molar-refractivity contribution in [2.45, 2.75) is 0 Å². The van der Waals surface area contributed by atoms with Crippen molar-refractivity contribution in [3.05, 3.63) is 36.4 Å². The minimum absolute atomic E-state index is 0.737. The van der Waals surface area contributed by atoms with E-state index in [0.717, 1.165) is 33.6 Å². The third kappa shape index (κ3) is 9.31. The maximum atomic E-state index is 10.1. The zero-order chi connectivity index (χ0) is 34.3. The number of aromatic amines is 2. The van der Waals surface area contributed by atoms with E-state index in [-0.39, 0.29) is 0 Å². The maximum absolute atomic E-state index is 10.1. The summed E-state index contributed by atoms with van der Waals surface area (Å²) in [5, 5.41) is 21.8. The fourth-order valence-corrected chi connectivity index (χ4v) is 10.8. The van der Waals surface area contributed by atoms with Crippen LogP contribution >= 0.6 is 23.8 Å². The fourth-order valence-electron chi connectivity index (χ4n) is 4.73. The van der Waals surface area contributed by atoms with Crippen molar-refractivity contribution < 1.29 is 27.6 Å². The van der Waals surface area contributed by atoms with Crippen molar-refractivity contribution >= 4 is 45.9 Å². The third-order valence-corrected chi connectivity index (χ3v) is 13.3. The lowest BCUT2D eigenvalue weighted by Crippen LogP contribution is -2.39. The number of aromatic nitrogens is 6. The van der Waals surface area contributed by atoms with Crippen molar-refractivity contribution in [3.63, 3.8) is 0 Å². The molecule has 0 bridgehead atoms. The van der Waals surface area contributed by atoms with Crippen LogP contribution in [-0.4, -0.2) is 143 Å². The Morgan fingerprint density at radius 1 is 0.600 bits per heavy atom. The summed E-state index contributed by atoms with van der Waals surface area (Å²) in [4.78, 5) is 16.9. The summed E-state index contributed by atoms with van der Waals surface area (Å²) < 4.78 is 44.1. The summed E-state index contributed by atoms with van der Waals surface area (Å²) >= 11 is 0. The standard InChI is InChI=1S/2C12H22N6OP.FH2O3P/c2*1-16(2)20(17(3)4,18(5)6)19-11-9-7-8-10-12(11)14-15-13-10;1-5(2,3)4/h2*7-9H,1-6H3,(H,13,14,15);(H2,2,3,4)/q2*+1;/p-2. The highest BCUT2D eigenvalue weighted by atomic mass is 31.2. The predicted molar refractivity (Wildman–Crippen MR) is 174 cm³/mol. The number of H-pyrrole nitrogens is 2. The van der Waals surface area contributed by atoms with E-state index in [4.69, 9.17) is 23.4 Å². The second-order valence-electron chi connectivity index (χ2n) is 10.6. The van der Waals surface area contributed by atoms with E-state index in [1.54, 1.807) is 0 Å². The molecule has 0 spiro atoms. The van der Waals surface area contributed by atoms with Gasteiger partial charge in [0, 0.05) is 84.6 Å². The van der Waals surface area contributed by atoms with Crippen LogP contribution in [0, 0.1) is 0 Å². The van der Waals surface area contributed by atoms with Crippen LogP contribution in [0.1, 0.15) is 0 Å². The SMILES string of the molecule is CN(C)[P+](Oc1cccc2n[nH]nc12)(N(C)C)N(C)C.CN(C)[P+](Oc1cccc2n[nH]nc12)(N(C)C)N(C)C.O=P([O-])([O-])F. The molecule has 2 heterocycles. The summed E-state index contributed by atoms with van der Waals surface area (Å²) in [5.41, 5.74) is 3.11. The van der Waals surface area contributed by atoms with Crippen LogP contribution in [0.15, 0.2) is 36.4 Å². The van der Waals surface area contributed by atoms with Gasteiger partial charge < -0.3 is 14.4 Å². The van der Waals surface area contributed by atoms with Crippen molar-refractivity contribution in [3.8, 4) is 11.5 Å². The number of benzene rings is 2. The molecular formula is C24H44FN12O5P3. The molecule has 21 heteroatoms. The molecule has 0 atom stereocenters. The van der Waals surface area contributed by atoms with E-state index in [2.05, 4.69) is 58.8 Å². The van der Waals surface area contributed by atoms with E-state index in [0.29, 0.717) is 0 Å². The monoisotopic (exact) mass is 692 g/mol. The highest BCUT2D eigenvalue weighted by Crippen LogP contribution is 2.65. The van der Waals surface area contributed by atoms with Crippen LogP contribution in [0.5, 0.6) is 11.5 Å². The average Bonchev–Trinajstić information content (AvgIpc) is 3.59. The average molecular weight is 693 g/mol. The minimum Gasteiger partial charge on any atom is -0.786 e. The van der Waals surface area contributed by atoms with Crippen LogP contribution in [0.25, 0.3) is 22.1 Å². The Balaban J connectivity index is 0.000000273. The quantitative estimate of drug-likeness (QED) is 0.230. The van der Waals surface area contributed by atoms with Gasteiger partial charge in [-0.05, 0) is 24.3 Å². The molecule has 0 aliphatic heterocycles. The minimum atomic E-state index is -5.64. The van der Waals surface area contributed by atoms with Crippen molar-refractivity contribution in [2.24, 2.45) is 0 Å². The number of hydrogen-bond acceptors (Lipinski definition) is 15. The molecule has 0 fully saturated rings. The molecule has 4 rings (SSSR count). The number of rotatable bonds is 10. The highest BCUT2D eigenvalue weighted by molar-refractivity contribution is 7.64. The molecule has 4 aromatic rings. The number of nitrogens with zero attached hydrogens (tertiary/aromatic N) is 10. The Labute approximate surface area is 264 Å². The normalized spacial score (nSPS) is 12.7. The number of fused-ring (bicyclic) bond motifs is 2. The van der Waals surface area contributed by atoms with Gasteiger partial charge in [0.05, 0.1) is 0 Å². The molecule has 45 heavy (non-hydrogen) atoms. The predicted octanol–water partition coefficient (Wildman–Crippen LogP) is 2.18. The summed E-state index contributed by atoms with van der Waals surface area (Å²) in [5.74, 6) is 1.47. The lowest BCUT2D eigenvalue weighted by molar-refractivity contribution is -0.328. The summed E-state index contributed by atoms with van der Waals surface area (Å²) in [6, 6.07) is 11.5.